The molecule has 2 rings (SSSR count). The molecule has 0 aliphatic rings. The number of nitrogens with one attached hydrogen (secondary N) is 1. The molecular weight excluding hydrogens is 214 g/mol. The third-order valence-electron chi connectivity index (χ3n) is 2.73. The topological polar surface area (TPSA) is 72.0 Å². The number of rotatable bonds is 2. The molecule has 3 N–H and O–H groups in total. The first-order chi connectivity index (χ1) is 8.02. The summed E-state index contributed by atoms with van der Waals surface area (Å²) in [5.41, 5.74) is 9.01. The van der Waals surface area contributed by atoms with Crippen molar-refractivity contribution in [1.29, 1.82) is 5.41 Å². The summed E-state index contributed by atoms with van der Waals surface area (Å²) < 4.78 is 5.35. The molecule has 0 atom stereocenters. The minimum Gasteiger partial charge on any atom is -0.496 e. The summed E-state index contributed by atoms with van der Waals surface area (Å²) in [4.78, 5) is 4.49. The van der Waals surface area contributed by atoms with Crippen LogP contribution in [0, 0.1) is 19.3 Å². The van der Waals surface area contributed by atoms with Crippen LogP contribution < -0.4 is 10.5 Å². The van der Waals surface area contributed by atoms with Crippen LogP contribution in [0.25, 0.3) is 10.9 Å². The fourth-order valence-corrected chi connectivity index (χ4v) is 1.92. The summed E-state index contributed by atoms with van der Waals surface area (Å²) in [6.45, 7) is 3.89. The van der Waals surface area contributed by atoms with E-state index in [0.717, 1.165) is 27.9 Å². The van der Waals surface area contributed by atoms with E-state index in [2.05, 4.69) is 4.98 Å². The van der Waals surface area contributed by atoms with Gasteiger partial charge in [0.15, 0.2) is 0 Å². The summed E-state index contributed by atoms with van der Waals surface area (Å²) >= 11 is 0. The Bertz CT molecular complexity index is 605. The molecule has 1 aromatic heterocycles. The number of fused-ring (bicyclic) bond motifs is 1. The highest BCUT2D eigenvalue weighted by Gasteiger charge is 2.09. The van der Waals surface area contributed by atoms with Crippen molar-refractivity contribution < 1.29 is 4.74 Å². The minimum atomic E-state index is 0.0534. The minimum absolute atomic E-state index is 0.0534. The zero-order valence-corrected chi connectivity index (χ0v) is 10.2. The van der Waals surface area contributed by atoms with Gasteiger partial charge in [0, 0.05) is 22.7 Å². The summed E-state index contributed by atoms with van der Waals surface area (Å²) in [6.07, 6.45) is 0. The number of benzene rings is 1. The van der Waals surface area contributed by atoms with E-state index in [4.69, 9.17) is 15.9 Å². The van der Waals surface area contributed by atoms with Crippen molar-refractivity contribution in [2.24, 2.45) is 5.73 Å². The van der Waals surface area contributed by atoms with Gasteiger partial charge in [0.05, 0.1) is 12.6 Å². The monoisotopic (exact) mass is 229 g/mol. The van der Waals surface area contributed by atoms with E-state index in [1.54, 1.807) is 7.11 Å². The molecule has 2 aromatic rings. The highest BCUT2D eigenvalue weighted by atomic mass is 16.5. The lowest BCUT2D eigenvalue weighted by Gasteiger charge is -2.10. The van der Waals surface area contributed by atoms with Crippen molar-refractivity contribution in [1.82, 2.24) is 4.98 Å². The number of nitrogens with zero attached hydrogens (tertiary/aromatic N) is 1. The van der Waals surface area contributed by atoms with E-state index in [1.807, 2.05) is 32.0 Å². The normalized spacial score (nSPS) is 10.5. The third kappa shape index (κ3) is 1.93. The van der Waals surface area contributed by atoms with Crippen LogP contribution >= 0.6 is 0 Å². The second-order valence-electron chi connectivity index (χ2n) is 4.07. The molecule has 1 heterocycles. The number of pyridine rings is 1. The molecule has 0 saturated carbocycles. The summed E-state index contributed by atoms with van der Waals surface area (Å²) in [7, 11) is 1.63. The van der Waals surface area contributed by atoms with Crippen LogP contribution in [-0.4, -0.2) is 17.9 Å². The van der Waals surface area contributed by atoms with Crippen molar-refractivity contribution in [3.8, 4) is 5.75 Å². The zero-order valence-electron chi connectivity index (χ0n) is 10.2. The molecule has 0 spiro atoms. The number of aromatic nitrogens is 1. The van der Waals surface area contributed by atoms with E-state index >= 15 is 0 Å². The van der Waals surface area contributed by atoms with Crippen molar-refractivity contribution >= 4 is 16.7 Å². The maximum absolute atomic E-state index is 7.49. The fraction of sp³-hybridized carbons (Fsp3) is 0.231. The van der Waals surface area contributed by atoms with Gasteiger partial charge in [-0.1, -0.05) is 0 Å². The Morgan fingerprint density at radius 1 is 1.29 bits per heavy atom. The van der Waals surface area contributed by atoms with Gasteiger partial charge >= 0.3 is 0 Å². The first-order valence-electron chi connectivity index (χ1n) is 5.33. The summed E-state index contributed by atoms with van der Waals surface area (Å²) in [5.74, 6) is 0.816. The molecule has 0 aliphatic carbocycles. The van der Waals surface area contributed by atoms with Gasteiger partial charge in [0.1, 0.15) is 11.6 Å². The van der Waals surface area contributed by atoms with Gasteiger partial charge in [-0.2, -0.15) is 0 Å². The van der Waals surface area contributed by atoms with Crippen molar-refractivity contribution in [2.75, 3.05) is 7.11 Å². The molecule has 0 radical (unpaired) electrons. The average molecular weight is 229 g/mol. The SMILES string of the molecule is COc1cc(C)nc2c(C)cc(C(=N)N)cc12. The first-order valence-corrected chi connectivity index (χ1v) is 5.33. The fourth-order valence-electron chi connectivity index (χ4n) is 1.92. The average Bonchev–Trinajstić information content (AvgIpc) is 2.28. The molecule has 0 unspecified atom stereocenters. The largest absolute Gasteiger partial charge is 0.496 e. The highest BCUT2D eigenvalue weighted by molar-refractivity contribution is 6.00. The van der Waals surface area contributed by atoms with Gasteiger partial charge in [-0.15, -0.1) is 0 Å². The molecule has 0 fully saturated rings. The van der Waals surface area contributed by atoms with Gasteiger partial charge in [0.25, 0.3) is 0 Å². The van der Waals surface area contributed by atoms with Crippen molar-refractivity contribution in [3.05, 3.63) is 35.0 Å². The Morgan fingerprint density at radius 2 is 2.00 bits per heavy atom. The molecule has 4 nitrogen and oxygen atoms in total. The molecule has 0 bridgehead atoms. The van der Waals surface area contributed by atoms with E-state index in [1.165, 1.54) is 0 Å². The lowest BCUT2D eigenvalue weighted by atomic mass is 10.0. The maximum atomic E-state index is 7.49. The van der Waals surface area contributed by atoms with Crippen LogP contribution in [0.15, 0.2) is 18.2 Å². The van der Waals surface area contributed by atoms with Crippen LogP contribution in [0.3, 0.4) is 0 Å². The van der Waals surface area contributed by atoms with E-state index in [0.29, 0.717) is 5.56 Å². The second-order valence-corrected chi connectivity index (χ2v) is 4.07. The Hall–Kier alpha value is -2.10. The standard InChI is InChI=1S/C13H15N3O/c1-7-4-9(13(14)15)6-10-11(17-3)5-8(2)16-12(7)10/h4-6H,1-3H3,(H3,14,15). The molecule has 17 heavy (non-hydrogen) atoms. The van der Waals surface area contributed by atoms with Crippen LogP contribution in [0.4, 0.5) is 0 Å². The number of nitrogens with two attached hydrogens (primary N) is 1. The smallest absolute Gasteiger partial charge is 0.130 e. The van der Waals surface area contributed by atoms with Gasteiger partial charge < -0.3 is 10.5 Å². The molecule has 0 saturated heterocycles. The molecule has 1 aromatic carbocycles. The van der Waals surface area contributed by atoms with E-state index in [-0.39, 0.29) is 5.84 Å². The van der Waals surface area contributed by atoms with Gasteiger partial charge in [-0.25, -0.2) is 0 Å². The Kier molecular flexibility index (Phi) is 2.71. The maximum Gasteiger partial charge on any atom is 0.130 e. The van der Waals surface area contributed by atoms with E-state index < -0.39 is 0 Å². The molecule has 4 heteroatoms. The van der Waals surface area contributed by atoms with Crippen LogP contribution in [0.1, 0.15) is 16.8 Å². The van der Waals surface area contributed by atoms with Crippen molar-refractivity contribution in [2.45, 2.75) is 13.8 Å². The van der Waals surface area contributed by atoms with Crippen LogP contribution in [-0.2, 0) is 0 Å². The summed E-state index contributed by atoms with van der Waals surface area (Å²) in [5, 5.41) is 8.39. The number of ether oxygens (including phenoxy) is 1. The number of hydrogen-bond donors (Lipinski definition) is 2. The van der Waals surface area contributed by atoms with Crippen LogP contribution in [0.5, 0.6) is 5.75 Å². The van der Waals surface area contributed by atoms with Crippen molar-refractivity contribution in [3.63, 3.8) is 0 Å². The van der Waals surface area contributed by atoms with Gasteiger partial charge in [-0.3, -0.25) is 10.4 Å². The Labute approximate surface area is 99.9 Å². The lowest BCUT2D eigenvalue weighted by Crippen LogP contribution is -2.11. The number of nitrogen functional groups attached to an aromatic ring is 1. The van der Waals surface area contributed by atoms with Gasteiger partial charge in [0.2, 0.25) is 0 Å². The highest BCUT2D eigenvalue weighted by Crippen LogP contribution is 2.28. The lowest BCUT2D eigenvalue weighted by molar-refractivity contribution is 0.419. The molecular formula is C13H15N3O. The van der Waals surface area contributed by atoms with Crippen LogP contribution in [0.2, 0.25) is 0 Å². The molecule has 88 valence electrons. The molecule has 0 amide bonds. The number of amidine groups is 1. The van der Waals surface area contributed by atoms with Gasteiger partial charge in [-0.05, 0) is 31.5 Å². The molecule has 0 aliphatic heterocycles. The second kappa shape index (κ2) is 4.05. The first kappa shape index (κ1) is 11.4. The summed E-state index contributed by atoms with van der Waals surface area (Å²) in [6, 6.07) is 5.60. The predicted octanol–water partition coefficient (Wildman–Crippen LogP) is 2.14. The number of aryl methyl sites for hydroxylation is 2. The van der Waals surface area contributed by atoms with E-state index in [9.17, 15) is 0 Å². The quantitative estimate of drug-likeness (QED) is 0.612. The zero-order chi connectivity index (χ0) is 12.6. The third-order valence-corrected chi connectivity index (χ3v) is 2.73. The predicted molar refractivity (Wildman–Crippen MR) is 68.8 cm³/mol. The Balaban J connectivity index is 2.86. The Morgan fingerprint density at radius 3 is 2.59 bits per heavy atom. The number of hydrogen-bond acceptors (Lipinski definition) is 3. The number of methoxy groups -OCH3 is 1.